The van der Waals surface area contributed by atoms with Crippen molar-refractivity contribution >= 4 is 11.8 Å². The summed E-state index contributed by atoms with van der Waals surface area (Å²) in [6, 6.07) is 3.10. The van der Waals surface area contributed by atoms with Gasteiger partial charge in [0.25, 0.3) is 5.69 Å². The van der Waals surface area contributed by atoms with Gasteiger partial charge in [0.2, 0.25) is 6.04 Å². The summed E-state index contributed by atoms with van der Waals surface area (Å²) in [5.41, 5.74) is -1.05. The van der Waals surface area contributed by atoms with Crippen LogP contribution in [0.25, 0.3) is 0 Å². The molecule has 0 aromatic heterocycles. The second kappa shape index (κ2) is 7.03. The van der Waals surface area contributed by atoms with Gasteiger partial charge in [0.05, 0.1) is 10.5 Å². The number of para-hydroxylation sites is 1. The molecule has 0 fully saturated rings. The third-order valence-corrected chi connectivity index (χ3v) is 2.96. The predicted molar refractivity (Wildman–Crippen MR) is 81.7 cm³/mol. The lowest BCUT2D eigenvalue weighted by atomic mass is 9.99. The number of nitro benzene ring substituents is 1. The first-order valence-corrected chi connectivity index (χ1v) is 6.89. The van der Waals surface area contributed by atoms with Gasteiger partial charge in [-0.1, -0.05) is 12.1 Å². The molecule has 0 radical (unpaired) electrons. The largest absolute Gasteiger partial charge is 0.444 e. The maximum atomic E-state index is 11.9. The Balaban J connectivity index is 3.20. The minimum Gasteiger partial charge on any atom is -0.444 e. The standard InChI is InChI=1S/C14H19N3O6/c1-9(16(19)20)12(15-13(18)23-14(2,3)4)10-7-5-6-8-11(10)17(21)22/h5-9,12H,1-4H3,(H,15,18)/t9-,12-/m0/s1. The first-order chi connectivity index (χ1) is 10.5. The molecule has 9 nitrogen and oxygen atoms in total. The molecule has 1 amide bonds. The Labute approximate surface area is 132 Å². The van der Waals surface area contributed by atoms with E-state index in [0.29, 0.717) is 0 Å². The zero-order valence-corrected chi connectivity index (χ0v) is 13.3. The summed E-state index contributed by atoms with van der Waals surface area (Å²) in [5, 5.41) is 24.6. The zero-order valence-electron chi connectivity index (χ0n) is 13.3. The molecule has 1 aromatic rings. The van der Waals surface area contributed by atoms with Gasteiger partial charge < -0.3 is 10.1 Å². The van der Waals surface area contributed by atoms with Crippen molar-refractivity contribution in [1.82, 2.24) is 5.32 Å². The molecule has 0 unspecified atom stereocenters. The van der Waals surface area contributed by atoms with Crippen LogP contribution in [0.2, 0.25) is 0 Å². The number of rotatable bonds is 5. The number of hydrogen-bond acceptors (Lipinski definition) is 6. The molecule has 1 rings (SSSR count). The topological polar surface area (TPSA) is 125 Å². The number of hydrogen-bond donors (Lipinski definition) is 1. The van der Waals surface area contributed by atoms with E-state index in [0.717, 1.165) is 0 Å². The Morgan fingerprint density at radius 1 is 1.22 bits per heavy atom. The number of amides is 1. The normalized spacial score (nSPS) is 13.7. The molecule has 0 heterocycles. The molecule has 0 saturated heterocycles. The van der Waals surface area contributed by atoms with Gasteiger partial charge in [-0.2, -0.15) is 0 Å². The highest BCUT2D eigenvalue weighted by Crippen LogP contribution is 2.28. The monoisotopic (exact) mass is 325 g/mol. The summed E-state index contributed by atoms with van der Waals surface area (Å²) in [6.07, 6.45) is -0.880. The third kappa shape index (κ3) is 5.20. The van der Waals surface area contributed by atoms with Crippen LogP contribution in [0.3, 0.4) is 0 Å². The number of ether oxygens (including phenoxy) is 1. The molecule has 0 aliphatic carbocycles. The molecule has 0 aliphatic rings. The first kappa shape index (κ1) is 18.3. The molecule has 1 N–H and O–H groups in total. The van der Waals surface area contributed by atoms with Crippen LogP contribution in [-0.4, -0.2) is 27.6 Å². The summed E-state index contributed by atoms with van der Waals surface area (Å²) in [5.74, 6) is 0. The lowest BCUT2D eigenvalue weighted by Gasteiger charge is -2.24. The number of nitrogens with zero attached hydrogens (tertiary/aromatic N) is 2. The van der Waals surface area contributed by atoms with Crippen molar-refractivity contribution in [2.75, 3.05) is 0 Å². The Morgan fingerprint density at radius 2 is 1.78 bits per heavy atom. The van der Waals surface area contributed by atoms with Crippen molar-refractivity contribution < 1.29 is 19.4 Å². The molecule has 9 heteroatoms. The van der Waals surface area contributed by atoms with E-state index in [2.05, 4.69) is 5.32 Å². The van der Waals surface area contributed by atoms with Crippen LogP contribution < -0.4 is 5.32 Å². The average Bonchev–Trinajstić information content (AvgIpc) is 2.42. The fraction of sp³-hybridized carbons (Fsp3) is 0.500. The highest BCUT2D eigenvalue weighted by atomic mass is 16.6. The maximum Gasteiger partial charge on any atom is 0.408 e. The SMILES string of the molecule is C[C@@H]([C@H](NC(=O)OC(C)(C)C)c1ccccc1[N+](=O)[O-])[N+](=O)[O-]. The first-order valence-electron chi connectivity index (χ1n) is 6.89. The molecule has 23 heavy (non-hydrogen) atoms. The maximum absolute atomic E-state index is 11.9. The molecule has 1 aromatic carbocycles. The van der Waals surface area contributed by atoms with Crippen LogP contribution in [0.4, 0.5) is 10.5 Å². The van der Waals surface area contributed by atoms with Crippen molar-refractivity contribution in [2.24, 2.45) is 0 Å². The quantitative estimate of drug-likeness (QED) is 0.655. The van der Waals surface area contributed by atoms with E-state index in [-0.39, 0.29) is 11.3 Å². The molecule has 0 spiro atoms. The molecular weight excluding hydrogens is 306 g/mol. The number of nitro groups is 2. The van der Waals surface area contributed by atoms with E-state index < -0.39 is 33.6 Å². The van der Waals surface area contributed by atoms with Crippen LogP contribution >= 0.6 is 0 Å². The highest BCUT2D eigenvalue weighted by Gasteiger charge is 2.35. The van der Waals surface area contributed by atoms with Gasteiger partial charge in [-0.3, -0.25) is 20.2 Å². The summed E-state index contributed by atoms with van der Waals surface area (Å²) < 4.78 is 5.08. The summed E-state index contributed by atoms with van der Waals surface area (Å²) >= 11 is 0. The minimum atomic E-state index is -1.27. The van der Waals surface area contributed by atoms with Crippen LogP contribution in [0.5, 0.6) is 0 Å². The van der Waals surface area contributed by atoms with Crippen molar-refractivity contribution in [3.05, 3.63) is 50.1 Å². The second-order valence-electron chi connectivity index (χ2n) is 5.97. The zero-order chi connectivity index (χ0) is 17.8. The van der Waals surface area contributed by atoms with E-state index in [4.69, 9.17) is 4.74 Å². The van der Waals surface area contributed by atoms with Crippen LogP contribution in [0.15, 0.2) is 24.3 Å². The van der Waals surface area contributed by atoms with Gasteiger partial charge in [-0.05, 0) is 26.8 Å². The molecule has 0 aliphatic heterocycles. The second-order valence-corrected chi connectivity index (χ2v) is 5.97. The fourth-order valence-corrected chi connectivity index (χ4v) is 1.93. The number of nitrogens with one attached hydrogen (secondary N) is 1. The van der Waals surface area contributed by atoms with Crippen molar-refractivity contribution in [3.63, 3.8) is 0 Å². The number of alkyl carbamates (subject to hydrolysis) is 1. The van der Waals surface area contributed by atoms with Gasteiger partial charge in [0, 0.05) is 17.9 Å². The molecular formula is C14H19N3O6. The number of carbonyl (C=O) groups is 1. The number of carbonyl (C=O) groups excluding carboxylic acids is 1. The smallest absolute Gasteiger partial charge is 0.408 e. The summed E-state index contributed by atoms with van der Waals surface area (Å²) in [6.45, 7) is 6.19. The average molecular weight is 325 g/mol. The third-order valence-electron chi connectivity index (χ3n) is 2.96. The van der Waals surface area contributed by atoms with E-state index >= 15 is 0 Å². The van der Waals surface area contributed by atoms with Crippen molar-refractivity contribution in [1.29, 1.82) is 0 Å². The van der Waals surface area contributed by atoms with Crippen molar-refractivity contribution in [2.45, 2.75) is 45.4 Å². The molecule has 126 valence electrons. The molecule has 0 bridgehead atoms. The van der Waals surface area contributed by atoms with Gasteiger partial charge >= 0.3 is 6.09 Å². The summed E-state index contributed by atoms with van der Waals surface area (Å²) in [4.78, 5) is 32.9. The highest BCUT2D eigenvalue weighted by molar-refractivity contribution is 5.69. The van der Waals surface area contributed by atoms with Gasteiger partial charge in [0.1, 0.15) is 11.6 Å². The van der Waals surface area contributed by atoms with E-state index in [1.807, 2.05) is 0 Å². The lowest BCUT2D eigenvalue weighted by Crippen LogP contribution is -2.41. The van der Waals surface area contributed by atoms with Crippen molar-refractivity contribution in [3.8, 4) is 0 Å². The van der Waals surface area contributed by atoms with E-state index in [9.17, 15) is 25.0 Å². The Bertz CT molecular complexity index is 611. The fourth-order valence-electron chi connectivity index (χ4n) is 1.93. The molecule has 2 atom stereocenters. The number of benzene rings is 1. The summed E-state index contributed by atoms with van der Waals surface area (Å²) in [7, 11) is 0. The van der Waals surface area contributed by atoms with E-state index in [1.54, 1.807) is 20.8 Å². The molecule has 0 saturated carbocycles. The Kier molecular flexibility index (Phi) is 5.61. The lowest BCUT2D eigenvalue weighted by molar-refractivity contribution is -0.523. The minimum absolute atomic E-state index is 0.0487. The van der Waals surface area contributed by atoms with Crippen LogP contribution in [-0.2, 0) is 4.74 Å². The van der Waals surface area contributed by atoms with Crippen LogP contribution in [0, 0.1) is 20.2 Å². The van der Waals surface area contributed by atoms with Gasteiger partial charge in [0.15, 0.2) is 0 Å². The van der Waals surface area contributed by atoms with Gasteiger partial charge in [-0.25, -0.2) is 4.79 Å². The Morgan fingerprint density at radius 3 is 2.26 bits per heavy atom. The predicted octanol–water partition coefficient (Wildman–Crippen LogP) is 2.83. The van der Waals surface area contributed by atoms with E-state index in [1.165, 1.54) is 31.2 Å². The Hall–Kier alpha value is -2.71. The van der Waals surface area contributed by atoms with Gasteiger partial charge in [-0.15, -0.1) is 0 Å². The van der Waals surface area contributed by atoms with Crippen LogP contribution in [0.1, 0.15) is 39.3 Å².